The SMILES string of the molecule is COCCCNc1cnnc(Nc2cc(C)c(Cl)cc2OC)n1. The van der Waals surface area contributed by atoms with Crippen LogP contribution in [0.15, 0.2) is 18.3 Å². The summed E-state index contributed by atoms with van der Waals surface area (Å²) < 4.78 is 10.3. The van der Waals surface area contributed by atoms with Gasteiger partial charge in [-0.1, -0.05) is 11.6 Å². The van der Waals surface area contributed by atoms with Crippen molar-refractivity contribution in [2.75, 3.05) is 38.0 Å². The van der Waals surface area contributed by atoms with E-state index in [-0.39, 0.29) is 0 Å². The largest absolute Gasteiger partial charge is 0.495 e. The molecule has 1 aromatic carbocycles. The van der Waals surface area contributed by atoms with Crippen molar-refractivity contribution in [1.29, 1.82) is 0 Å². The van der Waals surface area contributed by atoms with Crippen molar-refractivity contribution < 1.29 is 9.47 Å². The molecule has 0 spiro atoms. The summed E-state index contributed by atoms with van der Waals surface area (Å²) in [6.45, 7) is 3.35. The highest BCUT2D eigenvalue weighted by molar-refractivity contribution is 6.31. The Morgan fingerprint density at radius 1 is 1.26 bits per heavy atom. The normalized spacial score (nSPS) is 10.4. The predicted octanol–water partition coefficient (Wildman–Crippen LogP) is 3.03. The maximum atomic E-state index is 6.10. The molecule has 0 unspecified atom stereocenters. The van der Waals surface area contributed by atoms with E-state index in [1.54, 1.807) is 26.5 Å². The van der Waals surface area contributed by atoms with Crippen LogP contribution in [-0.4, -0.2) is 42.6 Å². The van der Waals surface area contributed by atoms with E-state index in [2.05, 4.69) is 25.8 Å². The maximum Gasteiger partial charge on any atom is 0.249 e. The molecule has 2 rings (SSSR count). The van der Waals surface area contributed by atoms with Gasteiger partial charge in [-0.2, -0.15) is 10.1 Å². The molecule has 8 heteroatoms. The van der Waals surface area contributed by atoms with Gasteiger partial charge in [-0.3, -0.25) is 0 Å². The average molecular weight is 338 g/mol. The molecule has 2 N–H and O–H groups in total. The molecule has 0 amide bonds. The van der Waals surface area contributed by atoms with Gasteiger partial charge in [0.05, 0.1) is 19.0 Å². The molecule has 0 atom stereocenters. The van der Waals surface area contributed by atoms with Crippen molar-refractivity contribution >= 4 is 29.1 Å². The van der Waals surface area contributed by atoms with Crippen molar-refractivity contribution in [2.24, 2.45) is 0 Å². The monoisotopic (exact) mass is 337 g/mol. The number of hydrogen-bond acceptors (Lipinski definition) is 7. The van der Waals surface area contributed by atoms with E-state index in [1.807, 2.05) is 13.0 Å². The van der Waals surface area contributed by atoms with Crippen LogP contribution in [0.4, 0.5) is 17.5 Å². The van der Waals surface area contributed by atoms with Crippen molar-refractivity contribution in [3.05, 3.63) is 28.9 Å². The average Bonchev–Trinajstić information content (AvgIpc) is 2.55. The molecule has 0 aliphatic rings. The third-order valence-corrected chi connectivity index (χ3v) is 3.52. The van der Waals surface area contributed by atoms with E-state index in [1.165, 1.54) is 0 Å². The predicted molar refractivity (Wildman–Crippen MR) is 90.8 cm³/mol. The highest BCUT2D eigenvalue weighted by Gasteiger charge is 2.09. The van der Waals surface area contributed by atoms with Gasteiger partial charge in [0.1, 0.15) is 5.75 Å². The van der Waals surface area contributed by atoms with E-state index >= 15 is 0 Å². The Labute approximate surface area is 140 Å². The maximum absolute atomic E-state index is 6.10. The molecule has 7 nitrogen and oxygen atoms in total. The van der Waals surface area contributed by atoms with Crippen molar-refractivity contribution in [1.82, 2.24) is 15.2 Å². The number of halogens is 1. The van der Waals surface area contributed by atoms with E-state index in [0.29, 0.717) is 29.1 Å². The van der Waals surface area contributed by atoms with Gasteiger partial charge >= 0.3 is 0 Å². The van der Waals surface area contributed by atoms with E-state index < -0.39 is 0 Å². The summed E-state index contributed by atoms with van der Waals surface area (Å²) >= 11 is 6.10. The third kappa shape index (κ3) is 4.94. The van der Waals surface area contributed by atoms with Crippen LogP contribution in [0, 0.1) is 6.92 Å². The summed E-state index contributed by atoms with van der Waals surface area (Å²) in [6, 6.07) is 3.63. The zero-order chi connectivity index (χ0) is 16.7. The number of hydrogen-bond donors (Lipinski definition) is 2. The zero-order valence-corrected chi connectivity index (χ0v) is 14.1. The second-order valence-electron chi connectivity index (χ2n) is 4.87. The van der Waals surface area contributed by atoms with Crippen LogP contribution in [0.3, 0.4) is 0 Å². The number of rotatable bonds is 8. The van der Waals surface area contributed by atoms with Gasteiger partial charge in [0.25, 0.3) is 0 Å². The summed E-state index contributed by atoms with van der Waals surface area (Å²) in [5, 5.41) is 14.8. The van der Waals surface area contributed by atoms with E-state index in [0.717, 1.165) is 24.2 Å². The van der Waals surface area contributed by atoms with Crippen LogP contribution in [0.5, 0.6) is 5.75 Å². The molecule has 0 saturated carbocycles. The Kier molecular flexibility index (Phi) is 6.37. The smallest absolute Gasteiger partial charge is 0.249 e. The zero-order valence-electron chi connectivity index (χ0n) is 13.4. The van der Waals surface area contributed by atoms with E-state index in [9.17, 15) is 0 Å². The fourth-order valence-corrected chi connectivity index (χ4v) is 2.08. The van der Waals surface area contributed by atoms with Crippen LogP contribution < -0.4 is 15.4 Å². The molecule has 0 aliphatic heterocycles. The molecule has 0 radical (unpaired) electrons. The molecule has 124 valence electrons. The van der Waals surface area contributed by atoms with Gasteiger partial charge in [0.15, 0.2) is 5.82 Å². The number of aryl methyl sites for hydroxylation is 1. The fourth-order valence-electron chi connectivity index (χ4n) is 1.92. The highest BCUT2D eigenvalue weighted by Crippen LogP contribution is 2.32. The molecule has 0 aliphatic carbocycles. The summed E-state index contributed by atoms with van der Waals surface area (Å²) in [5.41, 5.74) is 1.66. The molecule has 0 fully saturated rings. The standard InChI is InChI=1S/C15H20ClN5O2/c1-10-7-12(13(23-3)8-11(10)16)19-15-20-14(9-18-21-15)17-5-4-6-22-2/h7-9H,4-6H2,1-3H3,(H2,17,19,20,21). The molecule has 1 heterocycles. The Balaban J connectivity index is 2.10. The topological polar surface area (TPSA) is 81.2 Å². The first-order valence-corrected chi connectivity index (χ1v) is 7.55. The Morgan fingerprint density at radius 2 is 2.09 bits per heavy atom. The lowest BCUT2D eigenvalue weighted by atomic mass is 10.2. The highest BCUT2D eigenvalue weighted by atomic mass is 35.5. The van der Waals surface area contributed by atoms with Gasteiger partial charge < -0.3 is 20.1 Å². The Bertz CT molecular complexity index is 654. The van der Waals surface area contributed by atoms with E-state index in [4.69, 9.17) is 21.1 Å². The Morgan fingerprint density at radius 3 is 2.83 bits per heavy atom. The Hall–Kier alpha value is -2.12. The van der Waals surface area contributed by atoms with Crippen LogP contribution in [0.2, 0.25) is 5.02 Å². The number of nitrogens with one attached hydrogen (secondary N) is 2. The minimum Gasteiger partial charge on any atom is -0.495 e. The van der Waals surface area contributed by atoms with Gasteiger partial charge in [0, 0.05) is 31.4 Å². The summed E-state index contributed by atoms with van der Waals surface area (Å²) in [6.07, 6.45) is 2.45. The van der Waals surface area contributed by atoms with Crippen LogP contribution in [-0.2, 0) is 4.74 Å². The molecule has 1 aromatic heterocycles. The summed E-state index contributed by atoms with van der Waals surface area (Å²) in [7, 11) is 3.26. The minimum atomic E-state index is 0.377. The number of aromatic nitrogens is 3. The first-order chi connectivity index (χ1) is 11.1. The van der Waals surface area contributed by atoms with Crippen LogP contribution in [0.1, 0.15) is 12.0 Å². The van der Waals surface area contributed by atoms with Gasteiger partial charge in [-0.05, 0) is 25.0 Å². The van der Waals surface area contributed by atoms with Gasteiger partial charge in [-0.25, -0.2) is 0 Å². The van der Waals surface area contributed by atoms with Crippen molar-refractivity contribution in [3.8, 4) is 5.75 Å². The third-order valence-electron chi connectivity index (χ3n) is 3.12. The lowest BCUT2D eigenvalue weighted by Crippen LogP contribution is -2.08. The molecular formula is C15H20ClN5O2. The molecule has 2 aromatic rings. The van der Waals surface area contributed by atoms with Crippen molar-refractivity contribution in [3.63, 3.8) is 0 Å². The number of benzene rings is 1. The number of ether oxygens (including phenoxy) is 2. The second kappa shape index (κ2) is 8.50. The first kappa shape index (κ1) is 17.2. The molecule has 0 saturated heterocycles. The summed E-state index contributed by atoms with van der Waals surface area (Å²) in [5.74, 6) is 1.63. The second-order valence-corrected chi connectivity index (χ2v) is 5.27. The van der Waals surface area contributed by atoms with Gasteiger partial charge in [0.2, 0.25) is 5.95 Å². The first-order valence-electron chi connectivity index (χ1n) is 7.17. The number of nitrogens with zero attached hydrogens (tertiary/aromatic N) is 3. The van der Waals surface area contributed by atoms with Crippen LogP contribution in [0.25, 0.3) is 0 Å². The number of anilines is 3. The quantitative estimate of drug-likeness (QED) is 0.716. The lowest BCUT2D eigenvalue weighted by molar-refractivity contribution is 0.197. The summed E-state index contributed by atoms with van der Waals surface area (Å²) in [4.78, 5) is 4.37. The lowest BCUT2D eigenvalue weighted by Gasteiger charge is -2.12. The molecular weight excluding hydrogens is 318 g/mol. The van der Waals surface area contributed by atoms with Crippen LogP contribution >= 0.6 is 11.6 Å². The minimum absolute atomic E-state index is 0.377. The molecule has 0 bridgehead atoms. The fraction of sp³-hybridized carbons (Fsp3) is 0.400. The molecule has 23 heavy (non-hydrogen) atoms. The van der Waals surface area contributed by atoms with Gasteiger partial charge in [-0.15, -0.1) is 5.10 Å². The van der Waals surface area contributed by atoms with Crippen molar-refractivity contribution in [2.45, 2.75) is 13.3 Å². The number of methoxy groups -OCH3 is 2.